The molecule has 1 aromatic carbocycles. The topological polar surface area (TPSA) is 36.0 Å². The Bertz CT molecular complexity index is 450. The van der Waals surface area contributed by atoms with Crippen molar-refractivity contribution in [3.8, 4) is 0 Å². The van der Waals surface area contributed by atoms with Gasteiger partial charge in [0.1, 0.15) is 5.01 Å². The van der Waals surface area contributed by atoms with Crippen LogP contribution >= 0.6 is 31.9 Å². The van der Waals surface area contributed by atoms with Gasteiger partial charge in [0.05, 0.1) is 0 Å². The Morgan fingerprint density at radius 2 is 2.21 bits per heavy atom. The molecule has 2 rings (SSSR count). The van der Waals surface area contributed by atoms with Crippen molar-refractivity contribution < 1.29 is 5.11 Å². The Hall–Kier alpha value is -0.320. The maximum atomic E-state index is 9.24. The van der Waals surface area contributed by atoms with Gasteiger partial charge in [0.2, 0.25) is 0 Å². The molecule has 0 aliphatic rings. The summed E-state index contributed by atoms with van der Waals surface area (Å²) >= 11 is 6.56. The fraction of sp³-hybridized carbons (Fsp3) is 0.200. The second-order valence-corrected chi connectivity index (χ2v) is 5.12. The molecule has 0 fully saturated rings. The standard InChI is InChI=1S/C10H9Br2NO/c11-7-1-2-9-8(4-7)6(5-13-9)3-10(12)14/h1-2,4-5,10,13-14H,3H2. The number of aliphatic hydroxyl groups is 1. The number of hydrogen-bond acceptors (Lipinski definition) is 1. The highest BCUT2D eigenvalue weighted by atomic mass is 79.9. The minimum Gasteiger partial charge on any atom is -0.382 e. The van der Waals surface area contributed by atoms with E-state index in [1.54, 1.807) is 0 Å². The molecular weight excluding hydrogens is 310 g/mol. The van der Waals surface area contributed by atoms with Crippen LogP contribution in [-0.4, -0.2) is 15.1 Å². The lowest BCUT2D eigenvalue weighted by Gasteiger charge is -2.00. The number of alkyl halides is 1. The minimum atomic E-state index is -0.486. The fourth-order valence-corrected chi connectivity index (χ4v) is 2.21. The highest BCUT2D eigenvalue weighted by Gasteiger charge is 2.07. The van der Waals surface area contributed by atoms with E-state index < -0.39 is 5.01 Å². The summed E-state index contributed by atoms with van der Waals surface area (Å²) in [6, 6.07) is 6.06. The Balaban J connectivity index is 2.50. The first-order valence-electron chi connectivity index (χ1n) is 4.24. The van der Waals surface area contributed by atoms with Gasteiger partial charge in [0.25, 0.3) is 0 Å². The monoisotopic (exact) mass is 317 g/mol. The van der Waals surface area contributed by atoms with Crippen LogP contribution in [0.5, 0.6) is 0 Å². The maximum absolute atomic E-state index is 9.24. The number of halogens is 2. The van der Waals surface area contributed by atoms with Crippen LogP contribution in [0.2, 0.25) is 0 Å². The lowest BCUT2D eigenvalue weighted by molar-refractivity contribution is 0.271. The molecule has 0 aliphatic carbocycles. The number of H-pyrrole nitrogens is 1. The van der Waals surface area contributed by atoms with Crippen LogP contribution in [0, 0.1) is 0 Å². The third-order valence-electron chi connectivity index (χ3n) is 2.12. The molecule has 0 amide bonds. The van der Waals surface area contributed by atoms with Gasteiger partial charge in [-0.05, 0) is 23.8 Å². The van der Waals surface area contributed by atoms with E-state index in [1.807, 2.05) is 18.3 Å². The summed E-state index contributed by atoms with van der Waals surface area (Å²) in [7, 11) is 0. The third-order valence-corrected chi connectivity index (χ3v) is 2.93. The number of hydrogen-bond donors (Lipinski definition) is 2. The largest absolute Gasteiger partial charge is 0.382 e. The number of nitrogens with one attached hydrogen (secondary N) is 1. The van der Waals surface area contributed by atoms with Crippen LogP contribution in [0.1, 0.15) is 5.56 Å². The van der Waals surface area contributed by atoms with E-state index in [1.165, 1.54) is 0 Å². The molecule has 0 aliphatic heterocycles. The lowest BCUT2D eigenvalue weighted by Crippen LogP contribution is -1.98. The number of fused-ring (bicyclic) bond motifs is 1. The lowest BCUT2D eigenvalue weighted by atomic mass is 10.1. The molecule has 1 unspecified atom stereocenters. The SMILES string of the molecule is OC(Br)Cc1c[nH]c2ccc(Br)cc12. The molecule has 0 spiro atoms. The van der Waals surface area contributed by atoms with Crippen LogP contribution < -0.4 is 0 Å². The second kappa shape index (κ2) is 4.04. The Morgan fingerprint density at radius 3 is 2.93 bits per heavy atom. The first-order valence-corrected chi connectivity index (χ1v) is 5.95. The van der Waals surface area contributed by atoms with Crippen molar-refractivity contribution in [3.63, 3.8) is 0 Å². The molecule has 2 nitrogen and oxygen atoms in total. The first-order chi connectivity index (χ1) is 6.66. The molecule has 1 atom stereocenters. The number of aromatic nitrogens is 1. The van der Waals surface area contributed by atoms with Crippen molar-refractivity contribution in [2.24, 2.45) is 0 Å². The molecular formula is C10H9Br2NO. The van der Waals surface area contributed by atoms with Crippen LogP contribution in [-0.2, 0) is 6.42 Å². The summed E-state index contributed by atoms with van der Waals surface area (Å²) in [6.07, 6.45) is 2.54. The maximum Gasteiger partial charge on any atom is 0.113 e. The predicted octanol–water partition coefficient (Wildman–Crippen LogP) is 3.19. The zero-order valence-electron chi connectivity index (χ0n) is 7.30. The zero-order chi connectivity index (χ0) is 10.1. The molecule has 2 aromatic rings. The van der Waals surface area contributed by atoms with E-state index in [0.717, 1.165) is 20.9 Å². The predicted molar refractivity (Wildman–Crippen MR) is 64.6 cm³/mol. The van der Waals surface area contributed by atoms with Crippen LogP contribution in [0.4, 0.5) is 0 Å². The smallest absolute Gasteiger partial charge is 0.113 e. The Kier molecular flexibility index (Phi) is 2.95. The average molecular weight is 319 g/mol. The van der Waals surface area contributed by atoms with Crippen molar-refractivity contribution in [2.45, 2.75) is 11.4 Å². The summed E-state index contributed by atoms with van der Waals surface area (Å²) in [5.41, 5.74) is 2.21. The second-order valence-electron chi connectivity index (χ2n) is 3.14. The Labute approximate surface area is 98.6 Å². The molecule has 14 heavy (non-hydrogen) atoms. The van der Waals surface area contributed by atoms with Crippen LogP contribution in [0.25, 0.3) is 10.9 Å². The fourth-order valence-electron chi connectivity index (χ4n) is 1.50. The van der Waals surface area contributed by atoms with Crippen LogP contribution in [0.15, 0.2) is 28.9 Å². The van der Waals surface area contributed by atoms with E-state index in [9.17, 15) is 5.11 Å². The van der Waals surface area contributed by atoms with Gasteiger partial charge in [0, 0.05) is 28.0 Å². The van der Waals surface area contributed by atoms with Crippen LogP contribution in [0.3, 0.4) is 0 Å². The van der Waals surface area contributed by atoms with Gasteiger partial charge in [0.15, 0.2) is 0 Å². The summed E-state index contributed by atoms with van der Waals surface area (Å²) in [4.78, 5) is 3.17. The van der Waals surface area contributed by atoms with E-state index in [2.05, 4.69) is 42.9 Å². The Morgan fingerprint density at radius 1 is 1.43 bits per heavy atom. The van der Waals surface area contributed by atoms with Crippen molar-refractivity contribution in [1.82, 2.24) is 4.98 Å². The number of aliphatic hydroxyl groups excluding tert-OH is 1. The molecule has 0 saturated carbocycles. The van der Waals surface area contributed by atoms with Crippen molar-refractivity contribution >= 4 is 42.8 Å². The third kappa shape index (κ3) is 2.02. The van der Waals surface area contributed by atoms with Gasteiger partial charge in [-0.25, -0.2) is 0 Å². The molecule has 74 valence electrons. The molecule has 1 aromatic heterocycles. The van der Waals surface area contributed by atoms with Gasteiger partial charge in [-0.3, -0.25) is 0 Å². The quantitative estimate of drug-likeness (QED) is 0.820. The molecule has 2 N–H and O–H groups in total. The number of benzene rings is 1. The van der Waals surface area contributed by atoms with E-state index in [-0.39, 0.29) is 0 Å². The highest BCUT2D eigenvalue weighted by molar-refractivity contribution is 9.10. The summed E-state index contributed by atoms with van der Waals surface area (Å²) < 4.78 is 1.05. The van der Waals surface area contributed by atoms with Crippen molar-refractivity contribution in [1.29, 1.82) is 0 Å². The van der Waals surface area contributed by atoms with Gasteiger partial charge >= 0.3 is 0 Å². The van der Waals surface area contributed by atoms with E-state index in [0.29, 0.717) is 6.42 Å². The normalized spacial score (nSPS) is 13.4. The van der Waals surface area contributed by atoms with Crippen molar-refractivity contribution in [3.05, 3.63) is 34.4 Å². The van der Waals surface area contributed by atoms with Gasteiger partial charge in [-0.1, -0.05) is 31.9 Å². The zero-order valence-corrected chi connectivity index (χ0v) is 10.5. The van der Waals surface area contributed by atoms with Gasteiger partial charge in [-0.15, -0.1) is 0 Å². The molecule has 0 radical (unpaired) electrons. The summed E-state index contributed by atoms with van der Waals surface area (Å²) in [5.74, 6) is 0. The van der Waals surface area contributed by atoms with Crippen molar-refractivity contribution in [2.75, 3.05) is 0 Å². The number of aromatic amines is 1. The summed E-state index contributed by atoms with van der Waals surface area (Å²) in [6.45, 7) is 0. The van der Waals surface area contributed by atoms with E-state index >= 15 is 0 Å². The molecule has 0 bridgehead atoms. The minimum absolute atomic E-state index is 0.486. The van der Waals surface area contributed by atoms with Gasteiger partial charge in [-0.2, -0.15) is 0 Å². The molecule has 0 saturated heterocycles. The van der Waals surface area contributed by atoms with E-state index in [4.69, 9.17) is 0 Å². The molecule has 4 heteroatoms. The summed E-state index contributed by atoms with van der Waals surface area (Å²) in [5, 5.41) is 9.91. The number of rotatable bonds is 2. The van der Waals surface area contributed by atoms with Gasteiger partial charge < -0.3 is 10.1 Å². The average Bonchev–Trinajstić information content (AvgIpc) is 2.47. The molecule has 1 heterocycles. The highest BCUT2D eigenvalue weighted by Crippen LogP contribution is 2.24. The first kappa shape index (κ1) is 10.2.